The lowest BCUT2D eigenvalue weighted by Gasteiger charge is -2.11. The molecule has 8 heteroatoms. The minimum absolute atomic E-state index is 0.00835. The van der Waals surface area contributed by atoms with Gasteiger partial charge in [0.25, 0.3) is 11.6 Å². The van der Waals surface area contributed by atoms with Gasteiger partial charge in [0.2, 0.25) is 0 Å². The van der Waals surface area contributed by atoms with E-state index in [0.29, 0.717) is 11.3 Å². The Hall–Kier alpha value is -3.42. The third kappa shape index (κ3) is 3.49. The minimum atomic E-state index is -1.14. The number of nitro groups is 1. The summed E-state index contributed by atoms with van der Waals surface area (Å²) < 4.78 is 5.09. The summed E-state index contributed by atoms with van der Waals surface area (Å²) in [5.41, 5.74) is 0.654. The fraction of sp³-hybridized carbons (Fsp3) is 0.125. The molecule has 0 radical (unpaired) electrons. The predicted molar refractivity (Wildman–Crippen MR) is 85.7 cm³/mol. The standard InChI is InChI=1S/C16H14N2O6/c1-9-7-10(3-5-13(9)18(22)23)15(19)17-12-8-11(16(20)21)4-6-14(12)24-2/h3-8H,1-2H3,(H,17,19)(H,20,21). The van der Waals surface area contributed by atoms with Crippen LogP contribution in [0.1, 0.15) is 26.3 Å². The van der Waals surface area contributed by atoms with Crippen molar-refractivity contribution in [2.24, 2.45) is 0 Å². The number of carbonyl (C=O) groups is 2. The van der Waals surface area contributed by atoms with Crippen LogP contribution in [-0.2, 0) is 0 Å². The summed E-state index contributed by atoms with van der Waals surface area (Å²) in [5, 5.41) is 22.4. The molecule has 24 heavy (non-hydrogen) atoms. The SMILES string of the molecule is COc1ccc(C(=O)O)cc1NC(=O)c1ccc([N+](=O)[O-])c(C)c1. The van der Waals surface area contributed by atoms with E-state index in [4.69, 9.17) is 9.84 Å². The Morgan fingerprint density at radius 3 is 2.38 bits per heavy atom. The fourth-order valence-electron chi connectivity index (χ4n) is 2.13. The Morgan fingerprint density at radius 1 is 1.17 bits per heavy atom. The van der Waals surface area contributed by atoms with E-state index in [2.05, 4.69) is 5.32 Å². The molecule has 0 bridgehead atoms. The lowest BCUT2D eigenvalue weighted by molar-refractivity contribution is -0.385. The molecule has 0 heterocycles. The number of nitro benzene ring substituents is 1. The Balaban J connectivity index is 2.32. The number of aryl methyl sites for hydroxylation is 1. The molecule has 0 aromatic heterocycles. The number of nitrogens with zero attached hydrogens (tertiary/aromatic N) is 1. The number of hydrogen-bond acceptors (Lipinski definition) is 5. The number of anilines is 1. The van der Waals surface area contributed by atoms with Gasteiger partial charge in [-0.2, -0.15) is 0 Å². The van der Waals surface area contributed by atoms with Gasteiger partial charge in [0, 0.05) is 17.2 Å². The van der Waals surface area contributed by atoms with Crippen molar-refractivity contribution < 1.29 is 24.4 Å². The minimum Gasteiger partial charge on any atom is -0.495 e. The van der Waals surface area contributed by atoms with Crippen LogP contribution in [0.15, 0.2) is 36.4 Å². The molecule has 0 aliphatic rings. The maximum absolute atomic E-state index is 12.3. The zero-order valence-electron chi connectivity index (χ0n) is 12.9. The molecule has 1 amide bonds. The van der Waals surface area contributed by atoms with Crippen molar-refractivity contribution >= 4 is 23.3 Å². The van der Waals surface area contributed by atoms with Gasteiger partial charge in [-0.15, -0.1) is 0 Å². The highest BCUT2D eigenvalue weighted by molar-refractivity contribution is 6.06. The summed E-state index contributed by atoms with van der Waals surface area (Å²) in [6.45, 7) is 1.53. The smallest absolute Gasteiger partial charge is 0.335 e. The largest absolute Gasteiger partial charge is 0.495 e. The van der Waals surface area contributed by atoms with Crippen molar-refractivity contribution in [3.8, 4) is 5.75 Å². The van der Waals surface area contributed by atoms with Crippen LogP contribution >= 0.6 is 0 Å². The maximum Gasteiger partial charge on any atom is 0.335 e. The molecule has 8 nitrogen and oxygen atoms in total. The van der Waals surface area contributed by atoms with E-state index in [-0.39, 0.29) is 22.5 Å². The number of amides is 1. The average Bonchev–Trinajstić information content (AvgIpc) is 2.54. The number of carbonyl (C=O) groups excluding carboxylic acids is 1. The van der Waals surface area contributed by atoms with Gasteiger partial charge in [-0.1, -0.05) is 0 Å². The van der Waals surface area contributed by atoms with Crippen LogP contribution in [0, 0.1) is 17.0 Å². The van der Waals surface area contributed by atoms with Gasteiger partial charge in [0.15, 0.2) is 0 Å². The van der Waals surface area contributed by atoms with E-state index in [0.717, 1.165) is 0 Å². The lowest BCUT2D eigenvalue weighted by atomic mass is 10.1. The molecule has 2 aromatic carbocycles. The van der Waals surface area contributed by atoms with Crippen LogP contribution < -0.4 is 10.1 Å². The number of rotatable bonds is 5. The first-order chi connectivity index (χ1) is 11.3. The second-order valence-electron chi connectivity index (χ2n) is 4.93. The van der Waals surface area contributed by atoms with Crippen molar-refractivity contribution in [3.05, 3.63) is 63.2 Å². The van der Waals surface area contributed by atoms with E-state index in [1.807, 2.05) is 0 Å². The first kappa shape index (κ1) is 16.9. The number of hydrogen-bond donors (Lipinski definition) is 2. The molecular weight excluding hydrogens is 316 g/mol. The van der Waals surface area contributed by atoms with Crippen LogP contribution in [0.5, 0.6) is 5.75 Å². The van der Waals surface area contributed by atoms with E-state index in [1.165, 1.54) is 50.4 Å². The Bertz CT molecular complexity index is 831. The topological polar surface area (TPSA) is 119 Å². The van der Waals surface area contributed by atoms with Crippen LogP contribution in [0.3, 0.4) is 0 Å². The molecule has 2 aromatic rings. The van der Waals surface area contributed by atoms with E-state index >= 15 is 0 Å². The summed E-state index contributed by atoms with van der Waals surface area (Å²) in [6.07, 6.45) is 0. The molecule has 124 valence electrons. The molecule has 0 aliphatic heterocycles. The first-order valence-corrected chi connectivity index (χ1v) is 6.81. The van der Waals surface area contributed by atoms with Crippen LogP contribution in [0.4, 0.5) is 11.4 Å². The number of methoxy groups -OCH3 is 1. The Labute approximate surface area is 136 Å². The number of nitrogens with one attached hydrogen (secondary N) is 1. The number of ether oxygens (including phenoxy) is 1. The molecule has 0 fully saturated rings. The Morgan fingerprint density at radius 2 is 1.83 bits per heavy atom. The number of aromatic carboxylic acids is 1. The summed E-state index contributed by atoms with van der Waals surface area (Å²) in [7, 11) is 1.39. The van der Waals surface area contributed by atoms with E-state index < -0.39 is 16.8 Å². The average molecular weight is 330 g/mol. The second kappa shape index (κ2) is 6.78. The number of carboxylic acids is 1. The molecule has 2 rings (SSSR count). The van der Waals surface area contributed by atoms with Crippen molar-refractivity contribution in [2.75, 3.05) is 12.4 Å². The van der Waals surface area contributed by atoms with Crippen molar-refractivity contribution in [1.82, 2.24) is 0 Å². The number of carboxylic acid groups (broad SMARTS) is 1. The third-order valence-electron chi connectivity index (χ3n) is 3.35. The van der Waals surface area contributed by atoms with Gasteiger partial charge in [-0.3, -0.25) is 14.9 Å². The van der Waals surface area contributed by atoms with Gasteiger partial charge in [-0.05, 0) is 37.3 Å². The predicted octanol–water partition coefficient (Wildman–Crippen LogP) is 2.86. The van der Waals surface area contributed by atoms with Crippen molar-refractivity contribution in [1.29, 1.82) is 0 Å². The van der Waals surface area contributed by atoms with Crippen molar-refractivity contribution in [3.63, 3.8) is 0 Å². The monoisotopic (exact) mass is 330 g/mol. The molecular formula is C16H14N2O6. The van der Waals surface area contributed by atoms with Gasteiger partial charge in [0.05, 0.1) is 23.3 Å². The van der Waals surface area contributed by atoms with Gasteiger partial charge >= 0.3 is 5.97 Å². The first-order valence-electron chi connectivity index (χ1n) is 6.81. The van der Waals surface area contributed by atoms with Crippen LogP contribution in [0.25, 0.3) is 0 Å². The summed E-state index contributed by atoms with van der Waals surface area (Å²) in [4.78, 5) is 33.6. The number of benzene rings is 2. The second-order valence-corrected chi connectivity index (χ2v) is 4.93. The molecule has 2 N–H and O–H groups in total. The van der Waals surface area contributed by atoms with E-state index in [1.54, 1.807) is 0 Å². The zero-order chi connectivity index (χ0) is 17.9. The summed E-state index contributed by atoms with van der Waals surface area (Å²) in [5.74, 6) is -1.37. The molecule has 0 saturated carbocycles. The molecule has 0 unspecified atom stereocenters. The molecule has 0 spiro atoms. The van der Waals surface area contributed by atoms with Gasteiger partial charge in [0.1, 0.15) is 5.75 Å². The highest BCUT2D eigenvalue weighted by Gasteiger charge is 2.16. The highest BCUT2D eigenvalue weighted by Crippen LogP contribution is 2.27. The third-order valence-corrected chi connectivity index (χ3v) is 3.35. The van der Waals surface area contributed by atoms with E-state index in [9.17, 15) is 19.7 Å². The lowest BCUT2D eigenvalue weighted by Crippen LogP contribution is -2.13. The fourth-order valence-corrected chi connectivity index (χ4v) is 2.13. The molecule has 0 atom stereocenters. The van der Waals surface area contributed by atoms with Crippen LogP contribution in [0.2, 0.25) is 0 Å². The van der Waals surface area contributed by atoms with Gasteiger partial charge in [-0.25, -0.2) is 4.79 Å². The quantitative estimate of drug-likeness (QED) is 0.642. The summed E-state index contributed by atoms with van der Waals surface area (Å²) in [6, 6.07) is 8.02. The van der Waals surface area contributed by atoms with Crippen molar-refractivity contribution in [2.45, 2.75) is 6.92 Å². The Kier molecular flexibility index (Phi) is 4.78. The molecule has 0 aliphatic carbocycles. The van der Waals surface area contributed by atoms with Crippen LogP contribution in [-0.4, -0.2) is 29.0 Å². The normalized spacial score (nSPS) is 10.1. The molecule has 0 saturated heterocycles. The van der Waals surface area contributed by atoms with Gasteiger partial charge < -0.3 is 15.2 Å². The maximum atomic E-state index is 12.3. The highest BCUT2D eigenvalue weighted by atomic mass is 16.6. The summed E-state index contributed by atoms with van der Waals surface area (Å²) >= 11 is 0. The zero-order valence-corrected chi connectivity index (χ0v) is 12.9.